The Labute approximate surface area is 144 Å². The van der Waals surface area contributed by atoms with E-state index in [0.717, 1.165) is 6.42 Å². The number of nitrogens with one attached hydrogen (secondary N) is 2. The number of H-pyrrole nitrogens is 2. The fourth-order valence-corrected chi connectivity index (χ4v) is 3.95. The maximum Gasteiger partial charge on any atom is 0.0457 e. The highest BCUT2D eigenvalue weighted by Gasteiger charge is 2.10. The lowest BCUT2D eigenvalue weighted by molar-refractivity contribution is 1.22. The molecule has 0 aliphatic heterocycles. The minimum absolute atomic E-state index is 0.940. The van der Waals surface area contributed by atoms with Gasteiger partial charge in [0.1, 0.15) is 0 Å². The Hall–Kier alpha value is -1.78. The highest BCUT2D eigenvalue weighted by molar-refractivity contribution is 7.98. The van der Waals surface area contributed by atoms with E-state index >= 15 is 0 Å². The van der Waals surface area contributed by atoms with Crippen LogP contribution in [0.1, 0.15) is 11.1 Å². The molecule has 0 fully saturated rings. The minimum atomic E-state index is 0.940. The molecule has 2 nitrogen and oxygen atoms in total. The predicted molar refractivity (Wildman–Crippen MR) is 103 cm³/mol. The Morgan fingerprint density at radius 3 is 1.65 bits per heavy atom. The van der Waals surface area contributed by atoms with Crippen LogP contribution in [0.5, 0.6) is 0 Å². The van der Waals surface area contributed by atoms with Crippen LogP contribution in [0.15, 0.2) is 58.6 Å². The van der Waals surface area contributed by atoms with Crippen LogP contribution in [0, 0.1) is 0 Å². The fourth-order valence-electron chi connectivity index (χ4n) is 3.07. The lowest BCUT2D eigenvalue weighted by atomic mass is 10.0. The smallest absolute Gasteiger partial charge is 0.0457 e. The van der Waals surface area contributed by atoms with Crippen LogP contribution in [0.3, 0.4) is 0 Å². The van der Waals surface area contributed by atoms with Gasteiger partial charge in [-0.15, -0.1) is 23.5 Å². The second-order valence-electron chi connectivity index (χ2n) is 5.63. The summed E-state index contributed by atoms with van der Waals surface area (Å²) in [4.78, 5) is 9.41. The lowest BCUT2D eigenvalue weighted by Gasteiger charge is -2.02. The van der Waals surface area contributed by atoms with Gasteiger partial charge in [0.25, 0.3) is 0 Å². The van der Waals surface area contributed by atoms with Gasteiger partial charge in [-0.3, -0.25) is 0 Å². The Morgan fingerprint density at radius 2 is 1.22 bits per heavy atom. The first-order chi connectivity index (χ1) is 11.3. The van der Waals surface area contributed by atoms with Crippen molar-refractivity contribution in [2.45, 2.75) is 16.2 Å². The Bertz CT molecular complexity index is 902. The van der Waals surface area contributed by atoms with Crippen LogP contribution in [0.2, 0.25) is 0 Å². The Balaban J connectivity index is 1.78. The zero-order valence-electron chi connectivity index (χ0n) is 13.1. The molecule has 4 aromatic rings. The van der Waals surface area contributed by atoms with Crippen molar-refractivity contribution in [1.82, 2.24) is 9.97 Å². The first kappa shape index (κ1) is 14.8. The van der Waals surface area contributed by atoms with Crippen molar-refractivity contribution < 1.29 is 0 Å². The van der Waals surface area contributed by atoms with Crippen LogP contribution in [0.25, 0.3) is 21.8 Å². The van der Waals surface area contributed by atoms with Crippen LogP contribution < -0.4 is 0 Å². The van der Waals surface area contributed by atoms with Gasteiger partial charge in [-0.25, -0.2) is 0 Å². The molecule has 2 N–H and O–H groups in total. The fraction of sp³-hybridized carbons (Fsp3) is 0.158. The van der Waals surface area contributed by atoms with Crippen LogP contribution in [0.4, 0.5) is 0 Å². The number of hydrogen-bond acceptors (Lipinski definition) is 2. The largest absolute Gasteiger partial charge is 0.361 e. The van der Waals surface area contributed by atoms with Gasteiger partial charge in [-0.2, -0.15) is 0 Å². The van der Waals surface area contributed by atoms with E-state index in [-0.39, 0.29) is 0 Å². The van der Waals surface area contributed by atoms with Crippen molar-refractivity contribution in [3.05, 3.63) is 59.9 Å². The van der Waals surface area contributed by atoms with Gasteiger partial charge in [-0.1, -0.05) is 0 Å². The summed E-state index contributed by atoms with van der Waals surface area (Å²) >= 11 is 3.58. The zero-order valence-corrected chi connectivity index (χ0v) is 14.8. The molecule has 4 rings (SSSR count). The third-order valence-corrected chi connectivity index (χ3v) is 5.78. The van der Waals surface area contributed by atoms with Gasteiger partial charge in [0, 0.05) is 50.4 Å². The first-order valence-electron chi connectivity index (χ1n) is 7.56. The molecule has 4 heteroatoms. The molecular formula is C19H18N2S2. The normalized spacial score (nSPS) is 11.6. The SMILES string of the molecule is CSc1ccc2[nH]cc(Cc3c[nH]c4ccc(SC)cc34)c2c1. The molecule has 0 saturated heterocycles. The zero-order chi connectivity index (χ0) is 15.8. The van der Waals surface area contributed by atoms with Crippen molar-refractivity contribution in [3.63, 3.8) is 0 Å². The van der Waals surface area contributed by atoms with E-state index in [2.05, 4.69) is 71.3 Å². The van der Waals surface area contributed by atoms with Crippen molar-refractivity contribution >= 4 is 45.3 Å². The quantitative estimate of drug-likeness (QED) is 0.469. The molecule has 2 heterocycles. The highest BCUT2D eigenvalue weighted by atomic mass is 32.2. The average Bonchev–Trinajstić information content (AvgIpc) is 3.19. The summed E-state index contributed by atoms with van der Waals surface area (Å²) in [5, 5.41) is 2.65. The summed E-state index contributed by atoms with van der Waals surface area (Å²) in [6.45, 7) is 0. The summed E-state index contributed by atoms with van der Waals surface area (Å²) in [5.74, 6) is 0. The van der Waals surface area contributed by atoms with Gasteiger partial charge >= 0.3 is 0 Å². The molecule has 0 unspecified atom stereocenters. The summed E-state index contributed by atoms with van der Waals surface area (Å²) in [6.07, 6.45) is 9.47. The lowest BCUT2D eigenvalue weighted by Crippen LogP contribution is -1.85. The van der Waals surface area contributed by atoms with E-state index in [1.165, 1.54) is 42.7 Å². The molecule has 0 atom stereocenters. The third kappa shape index (κ3) is 2.66. The topological polar surface area (TPSA) is 31.6 Å². The molecule has 0 spiro atoms. The summed E-state index contributed by atoms with van der Waals surface area (Å²) < 4.78 is 0. The number of fused-ring (bicyclic) bond motifs is 2. The van der Waals surface area contributed by atoms with E-state index < -0.39 is 0 Å². The van der Waals surface area contributed by atoms with Gasteiger partial charge < -0.3 is 9.97 Å². The van der Waals surface area contributed by atoms with E-state index in [0.29, 0.717) is 0 Å². The van der Waals surface area contributed by atoms with Gasteiger partial charge in [-0.05, 0) is 60.0 Å². The van der Waals surface area contributed by atoms with Crippen molar-refractivity contribution in [3.8, 4) is 0 Å². The maximum absolute atomic E-state index is 3.40. The number of aromatic nitrogens is 2. The van der Waals surface area contributed by atoms with Gasteiger partial charge in [0.2, 0.25) is 0 Å². The number of benzene rings is 2. The molecule has 0 bridgehead atoms. The molecule has 2 aromatic carbocycles. The molecular weight excluding hydrogens is 320 g/mol. The molecule has 23 heavy (non-hydrogen) atoms. The number of aromatic amines is 2. The van der Waals surface area contributed by atoms with E-state index in [1.807, 2.05) is 0 Å². The number of rotatable bonds is 4. The third-order valence-electron chi connectivity index (χ3n) is 4.33. The minimum Gasteiger partial charge on any atom is -0.361 e. The first-order valence-corrected chi connectivity index (χ1v) is 10.0. The highest BCUT2D eigenvalue weighted by Crippen LogP contribution is 2.29. The maximum atomic E-state index is 3.40. The molecule has 0 amide bonds. The molecule has 0 aliphatic carbocycles. The Kier molecular flexibility index (Phi) is 3.87. The monoisotopic (exact) mass is 338 g/mol. The van der Waals surface area contributed by atoms with Crippen molar-refractivity contribution in [1.29, 1.82) is 0 Å². The van der Waals surface area contributed by atoms with Crippen molar-refractivity contribution in [2.75, 3.05) is 12.5 Å². The number of thioether (sulfide) groups is 2. The summed E-state index contributed by atoms with van der Waals surface area (Å²) in [7, 11) is 0. The van der Waals surface area contributed by atoms with Crippen LogP contribution >= 0.6 is 23.5 Å². The van der Waals surface area contributed by atoms with E-state index in [9.17, 15) is 0 Å². The predicted octanol–water partition coefficient (Wildman–Crippen LogP) is 5.68. The summed E-state index contributed by atoms with van der Waals surface area (Å²) in [6, 6.07) is 13.3. The number of hydrogen-bond donors (Lipinski definition) is 2. The molecule has 0 aliphatic rings. The van der Waals surface area contributed by atoms with Gasteiger partial charge in [0.05, 0.1) is 0 Å². The molecule has 116 valence electrons. The Morgan fingerprint density at radius 1 is 0.739 bits per heavy atom. The van der Waals surface area contributed by atoms with Crippen LogP contribution in [-0.4, -0.2) is 22.5 Å². The second-order valence-corrected chi connectivity index (χ2v) is 7.39. The standard InChI is InChI=1S/C19H18N2S2/c1-22-14-3-5-18-16(8-14)12(10-20-18)7-13-11-21-19-6-4-15(23-2)9-17(13)19/h3-6,8-11,20-21H,7H2,1-2H3. The summed E-state index contributed by atoms with van der Waals surface area (Å²) in [5.41, 5.74) is 5.13. The molecule has 0 saturated carbocycles. The average molecular weight is 339 g/mol. The molecule has 2 aromatic heterocycles. The second kappa shape index (κ2) is 6.02. The van der Waals surface area contributed by atoms with E-state index in [1.54, 1.807) is 23.5 Å². The van der Waals surface area contributed by atoms with Crippen LogP contribution in [-0.2, 0) is 6.42 Å². The van der Waals surface area contributed by atoms with Crippen molar-refractivity contribution in [2.24, 2.45) is 0 Å². The van der Waals surface area contributed by atoms with E-state index in [4.69, 9.17) is 0 Å². The molecule has 0 radical (unpaired) electrons. The van der Waals surface area contributed by atoms with Gasteiger partial charge in [0.15, 0.2) is 0 Å².